The lowest BCUT2D eigenvalue weighted by Crippen LogP contribution is -2.42. The van der Waals surface area contributed by atoms with E-state index >= 15 is 0 Å². The van der Waals surface area contributed by atoms with Gasteiger partial charge in [0.25, 0.3) is 0 Å². The van der Waals surface area contributed by atoms with Crippen LogP contribution in [0, 0.1) is 5.92 Å². The van der Waals surface area contributed by atoms with Crippen molar-refractivity contribution in [2.75, 3.05) is 26.3 Å². The van der Waals surface area contributed by atoms with Crippen LogP contribution in [0.15, 0.2) is 5.38 Å². The molecule has 0 N–H and O–H groups in total. The summed E-state index contributed by atoms with van der Waals surface area (Å²) in [5.41, 5.74) is 1.18. The molecule has 5 heteroatoms. The third-order valence-corrected chi connectivity index (χ3v) is 5.35. The maximum atomic E-state index is 12.5. The summed E-state index contributed by atoms with van der Waals surface area (Å²) >= 11 is 1.75. The first-order valence-corrected chi connectivity index (χ1v) is 8.46. The minimum absolute atomic E-state index is 0.0937. The van der Waals surface area contributed by atoms with Gasteiger partial charge in [-0.2, -0.15) is 0 Å². The number of aromatic nitrogens is 1. The number of aryl methyl sites for hydroxylation is 1. The molecule has 2 unspecified atom stereocenters. The first-order chi connectivity index (χ1) is 9.78. The molecule has 3 heterocycles. The van der Waals surface area contributed by atoms with Gasteiger partial charge in [0.15, 0.2) is 0 Å². The normalized spacial score (nSPS) is 26.9. The number of nitrogens with zero attached hydrogens (tertiary/aromatic N) is 2. The van der Waals surface area contributed by atoms with Crippen LogP contribution in [0.1, 0.15) is 42.8 Å². The fraction of sp³-hybridized carbons (Fsp3) is 0.733. The minimum Gasteiger partial charge on any atom is -0.381 e. The molecule has 0 radical (unpaired) electrons. The maximum absolute atomic E-state index is 12.5. The zero-order chi connectivity index (χ0) is 13.9. The molecule has 1 aromatic rings. The van der Waals surface area contributed by atoms with E-state index in [4.69, 9.17) is 9.72 Å². The Morgan fingerprint density at radius 3 is 3.15 bits per heavy atom. The zero-order valence-corrected chi connectivity index (χ0v) is 12.8. The predicted molar refractivity (Wildman–Crippen MR) is 79.0 cm³/mol. The molecule has 1 aromatic heterocycles. The summed E-state index contributed by atoms with van der Waals surface area (Å²) in [5, 5.41) is 3.36. The number of amides is 1. The summed E-state index contributed by atoms with van der Waals surface area (Å²) in [6.45, 7) is 5.22. The summed E-state index contributed by atoms with van der Waals surface area (Å²) in [4.78, 5) is 19.2. The Kier molecular flexibility index (Phi) is 4.36. The van der Waals surface area contributed by atoms with E-state index in [-0.39, 0.29) is 5.92 Å². The number of carbonyl (C=O) groups excluding carboxylic acids is 1. The van der Waals surface area contributed by atoms with Gasteiger partial charge >= 0.3 is 0 Å². The number of thiazole rings is 1. The highest BCUT2D eigenvalue weighted by Gasteiger charge is 2.32. The standard InChI is InChI=1S/C15H22N2O2S/c1-2-13-10-20-14(16-13)11-4-3-6-17(8-11)15(18)12-5-7-19-9-12/h10-12H,2-9H2,1H3. The molecule has 0 aromatic carbocycles. The van der Waals surface area contributed by atoms with Crippen LogP contribution in [-0.4, -0.2) is 42.1 Å². The molecule has 0 bridgehead atoms. The lowest BCUT2D eigenvalue weighted by atomic mass is 9.97. The molecular formula is C15H22N2O2S. The lowest BCUT2D eigenvalue weighted by molar-refractivity contribution is -0.136. The minimum atomic E-state index is 0.0937. The molecule has 110 valence electrons. The Labute approximate surface area is 124 Å². The molecule has 2 aliphatic rings. The van der Waals surface area contributed by atoms with E-state index in [1.165, 1.54) is 10.7 Å². The first kappa shape index (κ1) is 14.0. The number of hydrogen-bond acceptors (Lipinski definition) is 4. The number of piperidine rings is 1. The Bertz CT molecular complexity index is 468. The van der Waals surface area contributed by atoms with E-state index in [9.17, 15) is 4.79 Å². The third-order valence-electron chi connectivity index (χ3n) is 4.29. The summed E-state index contributed by atoms with van der Waals surface area (Å²) < 4.78 is 5.34. The van der Waals surface area contributed by atoms with Gasteiger partial charge in [-0.25, -0.2) is 4.98 Å². The van der Waals surface area contributed by atoms with Crippen molar-refractivity contribution in [1.29, 1.82) is 0 Å². The maximum Gasteiger partial charge on any atom is 0.228 e. The van der Waals surface area contributed by atoms with Gasteiger partial charge in [-0.1, -0.05) is 6.92 Å². The largest absolute Gasteiger partial charge is 0.381 e. The van der Waals surface area contributed by atoms with Gasteiger partial charge < -0.3 is 9.64 Å². The average Bonchev–Trinajstić information content (AvgIpc) is 3.17. The highest BCUT2D eigenvalue weighted by Crippen LogP contribution is 2.30. The van der Waals surface area contributed by atoms with E-state index in [0.29, 0.717) is 18.4 Å². The molecule has 0 spiro atoms. The van der Waals surface area contributed by atoms with E-state index < -0.39 is 0 Å². The van der Waals surface area contributed by atoms with E-state index in [2.05, 4.69) is 12.3 Å². The molecule has 2 atom stereocenters. The Balaban J connectivity index is 1.65. The number of likely N-dealkylation sites (tertiary alicyclic amines) is 1. The number of carbonyl (C=O) groups is 1. The molecule has 2 fully saturated rings. The number of ether oxygens (including phenoxy) is 1. The summed E-state index contributed by atoms with van der Waals surface area (Å²) in [5.74, 6) is 0.816. The second-order valence-electron chi connectivity index (χ2n) is 5.71. The van der Waals surface area contributed by atoms with Gasteiger partial charge in [0.05, 0.1) is 23.2 Å². The quantitative estimate of drug-likeness (QED) is 0.860. The van der Waals surface area contributed by atoms with Gasteiger partial charge in [-0.3, -0.25) is 4.79 Å². The van der Waals surface area contributed by atoms with Crippen molar-refractivity contribution in [2.45, 2.75) is 38.5 Å². The smallest absolute Gasteiger partial charge is 0.228 e. The van der Waals surface area contributed by atoms with Gasteiger partial charge in [0, 0.05) is 31.0 Å². The molecule has 0 saturated carbocycles. The van der Waals surface area contributed by atoms with Gasteiger partial charge in [0.2, 0.25) is 5.91 Å². The second-order valence-corrected chi connectivity index (χ2v) is 6.60. The Hall–Kier alpha value is -0.940. The van der Waals surface area contributed by atoms with Gasteiger partial charge in [-0.15, -0.1) is 11.3 Å². The van der Waals surface area contributed by atoms with Crippen LogP contribution in [0.3, 0.4) is 0 Å². The van der Waals surface area contributed by atoms with Crippen LogP contribution in [0.2, 0.25) is 0 Å². The SMILES string of the molecule is CCc1csc(C2CCCN(C(=O)C3CCOC3)C2)n1. The zero-order valence-electron chi connectivity index (χ0n) is 12.0. The first-order valence-electron chi connectivity index (χ1n) is 7.58. The van der Waals surface area contributed by atoms with Gasteiger partial charge in [0.1, 0.15) is 0 Å². The lowest BCUT2D eigenvalue weighted by Gasteiger charge is -2.33. The van der Waals surface area contributed by atoms with E-state index in [1.807, 2.05) is 4.90 Å². The summed E-state index contributed by atoms with van der Waals surface area (Å²) in [6.07, 6.45) is 4.12. The molecule has 1 amide bonds. The number of hydrogen-bond donors (Lipinski definition) is 0. The van der Waals surface area contributed by atoms with Crippen molar-refractivity contribution < 1.29 is 9.53 Å². The number of rotatable bonds is 3. The van der Waals surface area contributed by atoms with E-state index in [0.717, 1.165) is 45.4 Å². The van der Waals surface area contributed by atoms with Crippen molar-refractivity contribution in [3.63, 3.8) is 0 Å². The molecule has 20 heavy (non-hydrogen) atoms. The second kappa shape index (κ2) is 6.22. The van der Waals surface area contributed by atoms with E-state index in [1.54, 1.807) is 11.3 Å². The summed E-state index contributed by atoms with van der Waals surface area (Å²) in [7, 11) is 0. The molecule has 2 saturated heterocycles. The van der Waals surface area contributed by atoms with Crippen molar-refractivity contribution in [2.24, 2.45) is 5.92 Å². The predicted octanol–water partition coefficient (Wildman–Crippen LogP) is 2.45. The van der Waals surface area contributed by atoms with Crippen LogP contribution >= 0.6 is 11.3 Å². The van der Waals surface area contributed by atoms with Crippen molar-refractivity contribution in [3.8, 4) is 0 Å². The Morgan fingerprint density at radius 2 is 2.45 bits per heavy atom. The fourth-order valence-electron chi connectivity index (χ4n) is 3.04. The molecule has 4 nitrogen and oxygen atoms in total. The van der Waals surface area contributed by atoms with Crippen molar-refractivity contribution in [1.82, 2.24) is 9.88 Å². The topological polar surface area (TPSA) is 42.4 Å². The van der Waals surface area contributed by atoms with Gasteiger partial charge in [-0.05, 0) is 25.7 Å². The molecule has 0 aliphatic carbocycles. The molecular weight excluding hydrogens is 272 g/mol. The Morgan fingerprint density at radius 1 is 1.55 bits per heavy atom. The van der Waals surface area contributed by atoms with Crippen LogP contribution < -0.4 is 0 Å². The van der Waals surface area contributed by atoms with Crippen LogP contribution in [0.4, 0.5) is 0 Å². The monoisotopic (exact) mass is 294 g/mol. The average molecular weight is 294 g/mol. The van der Waals surface area contributed by atoms with Crippen molar-refractivity contribution in [3.05, 3.63) is 16.1 Å². The van der Waals surface area contributed by atoms with Crippen LogP contribution in [0.25, 0.3) is 0 Å². The van der Waals surface area contributed by atoms with Crippen LogP contribution in [0.5, 0.6) is 0 Å². The highest BCUT2D eigenvalue weighted by molar-refractivity contribution is 7.09. The highest BCUT2D eigenvalue weighted by atomic mass is 32.1. The molecule has 2 aliphatic heterocycles. The third kappa shape index (κ3) is 2.88. The van der Waals surface area contributed by atoms with Crippen LogP contribution in [-0.2, 0) is 16.0 Å². The fourth-order valence-corrected chi connectivity index (χ4v) is 4.07. The summed E-state index contributed by atoms with van der Waals surface area (Å²) in [6, 6.07) is 0. The van der Waals surface area contributed by atoms with Crippen molar-refractivity contribution >= 4 is 17.2 Å². The molecule has 3 rings (SSSR count).